The van der Waals surface area contributed by atoms with Crippen LogP contribution in [0.3, 0.4) is 0 Å². The lowest BCUT2D eigenvalue weighted by atomic mass is 10.0. The Morgan fingerprint density at radius 3 is 2.86 bits per heavy atom. The first-order valence-electron chi connectivity index (χ1n) is 8.03. The van der Waals surface area contributed by atoms with Crippen LogP contribution in [0.15, 0.2) is 0 Å². The van der Waals surface area contributed by atoms with Crippen molar-refractivity contribution in [1.82, 2.24) is 10.2 Å². The molecule has 1 fully saturated rings. The lowest BCUT2D eigenvalue weighted by molar-refractivity contribution is -0.146. The highest BCUT2D eigenvalue weighted by molar-refractivity contribution is 5.90. The third-order valence-electron chi connectivity index (χ3n) is 3.99. The van der Waals surface area contributed by atoms with E-state index in [0.717, 1.165) is 19.3 Å². The maximum absolute atomic E-state index is 12.4. The minimum atomic E-state index is -1.24. The zero-order valence-electron chi connectivity index (χ0n) is 13.6. The van der Waals surface area contributed by atoms with Crippen molar-refractivity contribution < 1.29 is 19.4 Å². The van der Waals surface area contributed by atoms with Gasteiger partial charge in [-0.1, -0.05) is 19.8 Å². The molecule has 22 heavy (non-hydrogen) atoms. The summed E-state index contributed by atoms with van der Waals surface area (Å²) < 4.78 is 4.88. The van der Waals surface area contributed by atoms with Crippen molar-refractivity contribution in [3.8, 4) is 0 Å². The summed E-state index contributed by atoms with van der Waals surface area (Å²) in [4.78, 5) is 26.0. The van der Waals surface area contributed by atoms with Gasteiger partial charge in [-0.25, -0.2) is 0 Å². The molecule has 0 radical (unpaired) electrons. The summed E-state index contributed by atoms with van der Waals surface area (Å²) in [5.41, 5.74) is 5.88. The number of aliphatic hydroxyl groups is 1. The number of rotatable bonds is 9. The maximum Gasteiger partial charge on any atom is 0.253 e. The molecule has 128 valence electrons. The predicted octanol–water partition coefficient (Wildman–Crippen LogP) is -0.382. The summed E-state index contributed by atoms with van der Waals surface area (Å²) in [6.07, 6.45) is 2.56. The zero-order chi connectivity index (χ0) is 16.5. The number of nitrogens with two attached hydrogens (primary N) is 1. The first-order valence-corrected chi connectivity index (χ1v) is 8.03. The highest BCUT2D eigenvalue weighted by Crippen LogP contribution is 2.19. The molecule has 0 aromatic rings. The minimum Gasteiger partial charge on any atom is -0.383 e. The van der Waals surface area contributed by atoms with Crippen LogP contribution in [0.2, 0.25) is 0 Å². The average molecular weight is 315 g/mol. The van der Waals surface area contributed by atoms with E-state index >= 15 is 0 Å². The van der Waals surface area contributed by atoms with Crippen LogP contribution in [0.25, 0.3) is 0 Å². The number of amides is 2. The van der Waals surface area contributed by atoms with Crippen molar-refractivity contribution in [3.05, 3.63) is 0 Å². The maximum atomic E-state index is 12.4. The van der Waals surface area contributed by atoms with E-state index in [1.807, 2.05) is 6.92 Å². The number of nitrogens with one attached hydrogen (secondary N) is 1. The first kappa shape index (κ1) is 18.9. The first-order chi connectivity index (χ1) is 10.5. The standard InChI is InChI=1S/C15H29N3O4/c1-3-4-6-11(16)13(19)15(21)18-9-5-7-12(18)14(20)17-8-10-22-2/h11-13,19H,3-10,16H2,1-2H3,(H,17,20)/t11?,12-,13?/m0/s1. The van der Waals surface area contributed by atoms with Crippen molar-refractivity contribution in [2.45, 2.75) is 57.2 Å². The van der Waals surface area contributed by atoms with Crippen LogP contribution in [-0.2, 0) is 14.3 Å². The fraction of sp³-hybridized carbons (Fsp3) is 0.867. The average Bonchev–Trinajstić information content (AvgIpc) is 3.00. The SMILES string of the molecule is CCCCC(N)C(O)C(=O)N1CCC[C@H]1C(=O)NCCOC. The number of nitrogens with zero attached hydrogens (tertiary/aromatic N) is 1. The van der Waals surface area contributed by atoms with E-state index in [2.05, 4.69) is 5.32 Å². The Morgan fingerprint density at radius 1 is 1.50 bits per heavy atom. The molecule has 0 spiro atoms. The van der Waals surface area contributed by atoms with Gasteiger partial charge in [0.25, 0.3) is 5.91 Å². The molecule has 0 aromatic carbocycles. The van der Waals surface area contributed by atoms with Crippen LogP contribution in [0.4, 0.5) is 0 Å². The van der Waals surface area contributed by atoms with Gasteiger partial charge in [0.1, 0.15) is 12.1 Å². The Balaban J connectivity index is 2.57. The van der Waals surface area contributed by atoms with E-state index < -0.39 is 24.1 Å². The number of unbranched alkanes of at least 4 members (excludes halogenated alkanes) is 1. The van der Waals surface area contributed by atoms with Crippen LogP contribution < -0.4 is 11.1 Å². The molecular formula is C15H29N3O4. The van der Waals surface area contributed by atoms with E-state index in [0.29, 0.717) is 32.5 Å². The molecule has 1 saturated heterocycles. The van der Waals surface area contributed by atoms with Crippen LogP contribution in [0, 0.1) is 0 Å². The number of aliphatic hydroxyl groups excluding tert-OH is 1. The molecule has 1 heterocycles. The summed E-state index contributed by atoms with van der Waals surface area (Å²) in [5, 5.41) is 12.9. The highest BCUT2D eigenvalue weighted by atomic mass is 16.5. The van der Waals surface area contributed by atoms with Crippen molar-refractivity contribution in [3.63, 3.8) is 0 Å². The summed E-state index contributed by atoms with van der Waals surface area (Å²) in [6, 6.07) is -1.09. The van der Waals surface area contributed by atoms with Gasteiger partial charge in [0, 0.05) is 26.2 Å². The molecule has 0 aromatic heterocycles. The Labute approximate surface area is 132 Å². The van der Waals surface area contributed by atoms with Crippen molar-refractivity contribution >= 4 is 11.8 Å². The van der Waals surface area contributed by atoms with Gasteiger partial charge >= 0.3 is 0 Å². The lowest BCUT2D eigenvalue weighted by Crippen LogP contribution is -2.53. The number of methoxy groups -OCH3 is 1. The number of ether oxygens (including phenoxy) is 1. The predicted molar refractivity (Wildman–Crippen MR) is 83.1 cm³/mol. The number of carbonyl (C=O) groups excluding carboxylic acids is 2. The molecule has 7 heteroatoms. The fourth-order valence-electron chi connectivity index (χ4n) is 2.65. The van der Waals surface area contributed by atoms with E-state index in [-0.39, 0.29) is 5.91 Å². The molecule has 1 aliphatic rings. The molecule has 1 rings (SSSR count). The van der Waals surface area contributed by atoms with E-state index in [4.69, 9.17) is 10.5 Å². The van der Waals surface area contributed by atoms with Gasteiger partial charge in [0.05, 0.1) is 6.61 Å². The van der Waals surface area contributed by atoms with Crippen molar-refractivity contribution in [1.29, 1.82) is 0 Å². The monoisotopic (exact) mass is 315 g/mol. The fourth-order valence-corrected chi connectivity index (χ4v) is 2.65. The van der Waals surface area contributed by atoms with E-state index in [1.165, 1.54) is 4.90 Å². The second-order valence-corrected chi connectivity index (χ2v) is 5.72. The van der Waals surface area contributed by atoms with Gasteiger partial charge in [-0.3, -0.25) is 9.59 Å². The summed E-state index contributed by atoms with van der Waals surface area (Å²) >= 11 is 0. The second kappa shape index (κ2) is 9.76. The molecule has 0 bridgehead atoms. The molecule has 7 nitrogen and oxygen atoms in total. The number of hydrogen-bond donors (Lipinski definition) is 3. The molecule has 2 amide bonds. The van der Waals surface area contributed by atoms with E-state index in [9.17, 15) is 14.7 Å². The van der Waals surface area contributed by atoms with Crippen molar-refractivity contribution in [2.24, 2.45) is 5.73 Å². The van der Waals surface area contributed by atoms with Gasteiger partial charge in [0.2, 0.25) is 5.91 Å². The number of carbonyl (C=O) groups is 2. The molecule has 0 aliphatic carbocycles. The number of hydrogen-bond acceptors (Lipinski definition) is 5. The Bertz CT molecular complexity index is 365. The van der Waals surface area contributed by atoms with Crippen LogP contribution in [0.1, 0.15) is 39.0 Å². The lowest BCUT2D eigenvalue weighted by Gasteiger charge is -2.28. The van der Waals surface area contributed by atoms with E-state index in [1.54, 1.807) is 7.11 Å². The minimum absolute atomic E-state index is 0.197. The largest absolute Gasteiger partial charge is 0.383 e. The third-order valence-corrected chi connectivity index (χ3v) is 3.99. The molecule has 1 aliphatic heterocycles. The summed E-state index contributed by atoms with van der Waals surface area (Å²) in [7, 11) is 1.56. The molecule has 3 atom stereocenters. The third kappa shape index (κ3) is 5.23. The molecule has 0 saturated carbocycles. The highest BCUT2D eigenvalue weighted by Gasteiger charge is 2.37. The normalized spacial score (nSPS) is 20.7. The van der Waals surface area contributed by atoms with Crippen LogP contribution in [-0.4, -0.2) is 66.8 Å². The van der Waals surface area contributed by atoms with Gasteiger partial charge in [0.15, 0.2) is 0 Å². The van der Waals surface area contributed by atoms with Gasteiger partial charge in [-0.05, 0) is 19.3 Å². The van der Waals surface area contributed by atoms with Crippen LogP contribution >= 0.6 is 0 Å². The van der Waals surface area contributed by atoms with Crippen molar-refractivity contribution in [2.75, 3.05) is 26.8 Å². The van der Waals surface area contributed by atoms with Crippen LogP contribution in [0.5, 0.6) is 0 Å². The summed E-state index contributed by atoms with van der Waals surface area (Å²) in [5.74, 6) is -0.634. The Hall–Kier alpha value is -1.18. The molecule has 2 unspecified atom stereocenters. The Morgan fingerprint density at radius 2 is 2.23 bits per heavy atom. The Kier molecular flexibility index (Phi) is 8.37. The summed E-state index contributed by atoms with van der Waals surface area (Å²) in [6.45, 7) is 3.35. The van der Waals surface area contributed by atoms with Gasteiger partial charge < -0.3 is 25.8 Å². The van der Waals surface area contributed by atoms with Gasteiger partial charge in [-0.15, -0.1) is 0 Å². The number of likely N-dealkylation sites (tertiary alicyclic amines) is 1. The molecule has 4 N–H and O–H groups in total. The quantitative estimate of drug-likeness (QED) is 0.503. The second-order valence-electron chi connectivity index (χ2n) is 5.72. The molecular weight excluding hydrogens is 286 g/mol. The topological polar surface area (TPSA) is 105 Å². The van der Waals surface area contributed by atoms with Gasteiger partial charge in [-0.2, -0.15) is 0 Å². The smallest absolute Gasteiger partial charge is 0.253 e. The zero-order valence-corrected chi connectivity index (χ0v) is 13.6.